The Labute approximate surface area is 83.9 Å². The molecular weight excluding hydrogens is 182 g/mol. The van der Waals surface area contributed by atoms with Gasteiger partial charge in [-0.2, -0.15) is 0 Å². The molecule has 1 atom stereocenters. The highest BCUT2D eigenvalue weighted by Gasteiger charge is 2.42. The smallest absolute Gasteiger partial charge is 0.317 e. The van der Waals surface area contributed by atoms with Crippen LogP contribution in [0.5, 0.6) is 0 Å². The molecule has 1 fully saturated rings. The molecule has 1 rings (SSSR count). The van der Waals surface area contributed by atoms with E-state index >= 15 is 0 Å². The van der Waals surface area contributed by atoms with Crippen LogP contribution < -0.4 is 0 Å². The van der Waals surface area contributed by atoms with Crippen LogP contribution in [0.4, 0.5) is 0 Å². The second-order valence-electron chi connectivity index (χ2n) is 3.81. The fraction of sp³-hybridized carbons (Fsp3) is 0.800. The van der Waals surface area contributed by atoms with Crippen molar-refractivity contribution in [1.29, 1.82) is 0 Å². The maximum Gasteiger partial charge on any atom is 0.317 e. The number of carbonyl (C=O) groups is 1. The van der Waals surface area contributed by atoms with Crippen LogP contribution in [0.3, 0.4) is 0 Å². The normalized spacial score (nSPS) is 30.3. The molecule has 4 heteroatoms. The van der Waals surface area contributed by atoms with Crippen LogP contribution in [0.1, 0.15) is 39.5 Å². The average Bonchev–Trinajstić information content (AvgIpc) is 2.19. The van der Waals surface area contributed by atoms with E-state index in [0.29, 0.717) is 25.2 Å². The van der Waals surface area contributed by atoms with Crippen LogP contribution in [-0.2, 0) is 9.53 Å². The van der Waals surface area contributed by atoms with E-state index in [-0.39, 0.29) is 5.97 Å². The molecular formula is C10H17NO3. The first-order chi connectivity index (χ1) is 6.65. The molecule has 0 radical (unpaired) electrons. The second kappa shape index (κ2) is 4.44. The number of hydrogen-bond acceptors (Lipinski definition) is 4. The topological polar surface area (TPSA) is 58.9 Å². The molecule has 0 unspecified atom stereocenters. The van der Waals surface area contributed by atoms with Crippen molar-refractivity contribution in [2.45, 2.75) is 39.5 Å². The van der Waals surface area contributed by atoms with E-state index in [1.54, 1.807) is 13.8 Å². The molecule has 0 amide bonds. The van der Waals surface area contributed by atoms with E-state index in [9.17, 15) is 4.79 Å². The van der Waals surface area contributed by atoms with Gasteiger partial charge in [-0.25, -0.2) is 0 Å². The summed E-state index contributed by atoms with van der Waals surface area (Å²) in [6, 6.07) is 0. The molecule has 0 aromatic carbocycles. The summed E-state index contributed by atoms with van der Waals surface area (Å²) in [6.07, 6.45) is 3.36. The van der Waals surface area contributed by atoms with Crippen molar-refractivity contribution in [3.05, 3.63) is 0 Å². The van der Waals surface area contributed by atoms with Gasteiger partial charge in [-0.3, -0.25) is 4.79 Å². The number of esters is 1. The lowest BCUT2D eigenvalue weighted by atomic mass is 9.74. The largest absolute Gasteiger partial charge is 0.465 e. The van der Waals surface area contributed by atoms with Gasteiger partial charge in [0.15, 0.2) is 0 Å². The Morgan fingerprint density at radius 1 is 1.64 bits per heavy atom. The Morgan fingerprint density at radius 3 is 2.93 bits per heavy atom. The Hall–Kier alpha value is -1.06. The van der Waals surface area contributed by atoms with Gasteiger partial charge < -0.3 is 9.94 Å². The number of oxime groups is 1. The molecule has 0 saturated heterocycles. The minimum Gasteiger partial charge on any atom is -0.465 e. The fourth-order valence-electron chi connectivity index (χ4n) is 1.86. The molecule has 1 saturated carbocycles. The van der Waals surface area contributed by atoms with Gasteiger partial charge in [0.05, 0.1) is 12.3 Å². The fourth-order valence-corrected chi connectivity index (χ4v) is 1.86. The third-order valence-corrected chi connectivity index (χ3v) is 2.82. The number of hydrogen-bond donors (Lipinski definition) is 1. The summed E-state index contributed by atoms with van der Waals surface area (Å²) >= 11 is 0. The lowest BCUT2D eigenvalue weighted by Crippen LogP contribution is -2.40. The van der Waals surface area contributed by atoms with Gasteiger partial charge in [-0.15, -0.1) is 0 Å². The molecule has 0 aliphatic heterocycles. The third kappa shape index (κ3) is 1.89. The van der Waals surface area contributed by atoms with Crippen LogP contribution in [-0.4, -0.2) is 23.5 Å². The summed E-state index contributed by atoms with van der Waals surface area (Å²) in [4.78, 5) is 11.7. The molecule has 0 heterocycles. The van der Waals surface area contributed by atoms with Crippen molar-refractivity contribution in [3.63, 3.8) is 0 Å². The van der Waals surface area contributed by atoms with Gasteiger partial charge in [0.1, 0.15) is 5.41 Å². The van der Waals surface area contributed by atoms with E-state index in [2.05, 4.69) is 5.16 Å². The molecule has 0 aromatic heterocycles. The van der Waals surface area contributed by atoms with Gasteiger partial charge in [0, 0.05) is 0 Å². The monoisotopic (exact) mass is 199 g/mol. The van der Waals surface area contributed by atoms with Crippen LogP contribution in [0, 0.1) is 5.41 Å². The van der Waals surface area contributed by atoms with Gasteiger partial charge in [-0.1, -0.05) is 11.6 Å². The van der Waals surface area contributed by atoms with E-state index in [4.69, 9.17) is 9.94 Å². The summed E-state index contributed by atoms with van der Waals surface area (Å²) in [5, 5.41) is 12.0. The Morgan fingerprint density at radius 2 is 2.36 bits per heavy atom. The van der Waals surface area contributed by atoms with Crippen LogP contribution in [0.25, 0.3) is 0 Å². The minimum atomic E-state index is -0.705. The number of rotatable bonds is 2. The number of nitrogens with zero attached hydrogens (tertiary/aromatic N) is 1. The van der Waals surface area contributed by atoms with E-state index < -0.39 is 5.41 Å². The first-order valence-corrected chi connectivity index (χ1v) is 5.03. The predicted octanol–water partition coefficient (Wildman–Crippen LogP) is 1.96. The zero-order valence-electron chi connectivity index (χ0n) is 8.75. The minimum absolute atomic E-state index is 0.271. The lowest BCUT2D eigenvalue weighted by molar-refractivity contribution is -0.151. The highest BCUT2D eigenvalue weighted by atomic mass is 16.5. The zero-order valence-corrected chi connectivity index (χ0v) is 8.75. The second-order valence-corrected chi connectivity index (χ2v) is 3.81. The quantitative estimate of drug-likeness (QED) is 0.420. The first kappa shape index (κ1) is 11.0. The molecule has 1 N–H and O–H groups in total. The van der Waals surface area contributed by atoms with Gasteiger partial charge in [-0.05, 0) is 33.1 Å². The standard InChI is InChI=1S/C10H17NO3/c1-3-14-9(12)10(2)7-5-4-6-8(10)11-13/h13H,3-7H2,1-2H3/b11-8-/t10-/m0/s1. The highest BCUT2D eigenvalue weighted by Crippen LogP contribution is 2.34. The van der Waals surface area contributed by atoms with Gasteiger partial charge >= 0.3 is 5.97 Å². The molecule has 14 heavy (non-hydrogen) atoms. The van der Waals surface area contributed by atoms with Crippen LogP contribution in [0.2, 0.25) is 0 Å². The maximum atomic E-state index is 11.7. The summed E-state index contributed by atoms with van der Waals surface area (Å²) in [5.41, 5.74) is -0.148. The van der Waals surface area contributed by atoms with Crippen molar-refractivity contribution in [1.82, 2.24) is 0 Å². The van der Waals surface area contributed by atoms with E-state index in [1.165, 1.54) is 0 Å². The molecule has 1 aliphatic carbocycles. The maximum absolute atomic E-state index is 11.7. The van der Waals surface area contributed by atoms with E-state index in [1.807, 2.05) is 0 Å². The lowest BCUT2D eigenvalue weighted by Gasteiger charge is -2.31. The summed E-state index contributed by atoms with van der Waals surface area (Å²) in [7, 11) is 0. The van der Waals surface area contributed by atoms with Gasteiger partial charge in [0.2, 0.25) is 0 Å². The zero-order chi connectivity index (χ0) is 10.6. The van der Waals surface area contributed by atoms with Crippen molar-refractivity contribution in [2.24, 2.45) is 10.6 Å². The Balaban J connectivity index is 2.82. The van der Waals surface area contributed by atoms with Gasteiger partial charge in [0.25, 0.3) is 0 Å². The molecule has 0 bridgehead atoms. The van der Waals surface area contributed by atoms with Crippen molar-refractivity contribution in [2.75, 3.05) is 6.61 Å². The van der Waals surface area contributed by atoms with Crippen LogP contribution in [0.15, 0.2) is 5.16 Å². The average molecular weight is 199 g/mol. The summed E-state index contributed by atoms with van der Waals surface area (Å²) < 4.78 is 4.99. The molecule has 4 nitrogen and oxygen atoms in total. The third-order valence-electron chi connectivity index (χ3n) is 2.82. The summed E-state index contributed by atoms with van der Waals surface area (Å²) in [6.45, 7) is 3.94. The van der Waals surface area contributed by atoms with Crippen molar-refractivity contribution >= 4 is 11.7 Å². The number of ether oxygens (including phenoxy) is 1. The molecule has 0 aromatic rings. The Bertz CT molecular complexity index is 250. The highest BCUT2D eigenvalue weighted by molar-refractivity contribution is 6.06. The molecule has 1 aliphatic rings. The van der Waals surface area contributed by atoms with E-state index in [0.717, 1.165) is 12.8 Å². The predicted molar refractivity (Wildman–Crippen MR) is 52.4 cm³/mol. The Kier molecular flexibility index (Phi) is 3.49. The molecule has 0 spiro atoms. The SMILES string of the molecule is CCOC(=O)[C@@]1(C)CCCC/C1=N/O. The van der Waals surface area contributed by atoms with Crippen LogP contribution >= 0.6 is 0 Å². The van der Waals surface area contributed by atoms with Crippen molar-refractivity contribution < 1.29 is 14.7 Å². The van der Waals surface area contributed by atoms with Crippen molar-refractivity contribution in [3.8, 4) is 0 Å². The number of carbonyl (C=O) groups excluding carboxylic acids is 1. The summed E-state index contributed by atoms with van der Waals surface area (Å²) in [5.74, 6) is -0.271. The first-order valence-electron chi connectivity index (χ1n) is 5.03. The molecule has 80 valence electrons.